The standard InChI is InChI=1S/C23H18ClF4N3O3/c1-13-2-8-18(31-21(32)30-16-6-3-14(24)4-7-16)20(29-13)34-19-9-5-15(25)12-17(19)22(10-11-33-22)23(26,27)28/h2-9,12H,10-11H2,1H3,(H2,30,31,32). The molecule has 2 N–H and O–H groups in total. The molecule has 34 heavy (non-hydrogen) atoms. The highest BCUT2D eigenvalue weighted by molar-refractivity contribution is 6.30. The Morgan fingerprint density at radius 2 is 1.82 bits per heavy atom. The van der Waals surface area contributed by atoms with E-state index < -0.39 is 29.2 Å². The zero-order valence-electron chi connectivity index (χ0n) is 17.7. The summed E-state index contributed by atoms with van der Waals surface area (Å²) < 4.78 is 66.1. The maximum absolute atomic E-state index is 13.9. The van der Waals surface area contributed by atoms with Crippen LogP contribution in [0.4, 0.5) is 33.7 Å². The first-order valence-corrected chi connectivity index (χ1v) is 10.4. The van der Waals surface area contributed by atoms with Crippen molar-refractivity contribution in [1.29, 1.82) is 0 Å². The van der Waals surface area contributed by atoms with E-state index in [-0.39, 0.29) is 30.3 Å². The molecule has 1 aromatic heterocycles. The molecule has 0 aliphatic carbocycles. The van der Waals surface area contributed by atoms with Crippen LogP contribution in [-0.2, 0) is 10.3 Å². The molecule has 1 aliphatic heterocycles. The topological polar surface area (TPSA) is 72.5 Å². The minimum atomic E-state index is -4.79. The van der Waals surface area contributed by atoms with E-state index >= 15 is 0 Å². The highest BCUT2D eigenvalue weighted by Gasteiger charge is 2.62. The van der Waals surface area contributed by atoms with Crippen LogP contribution < -0.4 is 15.4 Å². The molecule has 0 radical (unpaired) electrons. The number of carbonyl (C=O) groups is 1. The van der Waals surface area contributed by atoms with Crippen molar-refractivity contribution in [2.45, 2.75) is 25.1 Å². The van der Waals surface area contributed by atoms with Crippen LogP contribution in [-0.4, -0.2) is 23.8 Å². The van der Waals surface area contributed by atoms with Crippen molar-refractivity contribution >= 4 is 29.0 Å². The Balaban J connectivity index is 1.63. The second kappa shape index (κ2) is 9.11. The lowest BCUT2D eigenvalue weighted by atomic mass is 9.85. The molecule has 178 valence electrons. The van der Waals surface area contributed by atoms with E-state index in [9.17, 15) is 22.4 Å². The zero-order valence-corrected chi connectivity index (χ0v) is 18.4. The summed E-state index contributed by atoms with van der Waals surface area (Å²) in [6.45, 7) is 1.51. The van der Waals surface area contributed by atoms with Gasteiger partial charge in [-0.2, -0.15) is 13.2 Å². The van der Waals surface area contributed by atoms with E-state index in [1.807, 2.05) is 0 Å². The van der Waals surface area contributed by atoms with Crippen LogP contribution in [0.15, 0.2) is 54.6 Å². The van der Waals surface area contributed by atoms with Crippen molar-refractivity contribution in [3.63, 3.8) is 0 Å². The summed E-state index contributed by atoms with van der Waals surface area (Å²) in [7, 11) is 0. The molecule has 1 unspecified atom stereocenters. The Bertz CT molecular complexity index is 1220. The van der Waals surface area contributed by atoms with E-state index in [2.05, 4.69) is 15.6 Å². The van der Waals surface area contributed by atoms with Crippen LogP contribution in [0.3, 0.4) is 0 Å². The third-order valence-corrected chi connectivity index (χ3v) is 5.45. The van der Waals surface area contributed by atoms with Gasteiger partial charge in [0, 0.05) is 28.4 Å². The fraction of sp³-hybridized carbons (Fsp3) is 0.217. The maximum atomic E-state index is 13.9. The molecule has 0 saturated carbocycles. The number of pyridine rings is 1. The molecule has 1 fully saturated rings. The Labute approximate surface area is 196 Å². The molecule has 0 spiro atoms. The third kappa shape index (κ3) is 4.78. The van der Waals surface area contributed by atoms with Gasteiger partial charge in [-0.25, -0.2) is 14.2 Å². The van der Waals surface area contributed by atoms with E-state index in [0.717, 1.165) is 18.2 Å². The molecule has 3 aromatic rings. The van der Waals surface area contributed by atoms with Gasteiger partial charge in [-0.1, -0.05) is 11.6 Å². The number of hydrogen-bond acceptors (Lipinski definition) is 4. The summed E-state index contributed by atoms with van der Waals surface area (Å²) in [5.41, 5.74) is -2.17. The van der Waals surface area contributed by atoms with Crippen molar-refractivity contribution < 1.29 is 31.8 Å². The summed E-state index contributed by atoms with van der Waals surface area (Å²) in [6, 6.07) is 11.6. The minimum Gasteiger partial charge on any atom is -0.437 e. The number of nitrogens with one attached hydrogen (secondary N) is 2. The van der Waals surface area contributed by atoms with E-state index in [4.69, 9.17) is 21.1 Å². The van der Waals surface area contributed by atoms with Gasteiger partial charge >= 0.3 is 12.2 Å². The number of anilines is 2. The van der Waals surface area contributed by atoms with Gasteiger partial charge in [0.25, 0.3) is 0 Å². The predicted molar refractivity (Wildman–Crippen MR) is 118 cm³/mol. The van der Waals surface area contributed by atoms with Crippen molar-refractivity contribution in [3.05, 3.63) is 76.7 Å². The molecule has 1 aliphatic rings. The zero-order chi connectivity index (χ0) is 24.5. The van der Waals surface area contributed by atoms with E-state index in [1.165, 1.54) is 6.07 Å². The second-order valence-corrected chi connectivity index (χ2v) is 7.99. The average molecular weight is 496 g/mol. The summed E-state index contributed by atoms with van der Waals surface area (Å²) in [5, 5.41) is 5.64. The minimum absolute atomic E-state index is 0.0860. The molecule has 11 heteroatoms. The number of urea groups is 1. The Morgan fingerprint density at radius 1 is 1.12 bits per heavy atom. The number of hydrogen-bond donors (Lipinski definition) is 2. The van der Waals surface area contributed by atoms with Crippen molar-refractivity contribution in [1.82, 2.24) is 4.98 Å². The average Bonchev–Trinajstić information content (AvgIpc) is 2.71. The Kier molecular flexibility index (Phi) is 6.37. The lowest BCUT2D eigenvalue weighted by molar-refractivity contribution is -0.333. The SMILES string of the molecule is Cc1ccc(NC(=O)Nc2ccc(Cl)cc2)c(Oc2ccc(F)cc2C2(C(F)(F)F)CCO2)n1. The van der Waals surface area contributed by atoms with Gasteiger partial charge in [0.2, 0.25) is 5.88 Å². The molecule has 2 aromatic carbocycles. The lowest BCUT2D eigenvalue weighted by Crippen LogP contribution is -2.52. The number of aryl methyl sites for hydroxylation is 1. The van der Waals surface area contributed by atoms with Crippen LogP contribution in [0.2, 0.25) is 5.02 Å². The first-order chi connectivity index (χ1) is 16.1. The summed E-state index contributed by atoms with van der Waals surface area (Å²) in [6.07, 6.45) is -5.18. The number of alkyl halides is 3. The van der Waals surface area contributed by atoms with Gasteiger partial charge in [0.05, 0.1) is 6.61 Å². The van der Waals surface area contributed by atoms with Crippen LogP contribution in [0.1, 0.15) is 17.7 Å². The van der Waals surface area contributed by atoms with E-state index in [1.54, 1.807) is 37.3 Å². The molecule has 1 atom stereocenters. The fourth-order valence-electron chi connectivity index (χ4n) is 3.43. The van der Waals surface area contributed by atoms with Gasteiger partial charge in [-0.05, 0) is 61.5 Å². The molecular weight excluding hydrogens is 478 g/mol. The van der Waals surface area contributed by atoms with Gasteiger partial charge in [-0.3, -0.25) is 0 Å². The maximum Gasteiger partial charge on any atom is 0.421 e. The normalized spacial score (nSPS) is 17.6. The van der Waals surface area contributed by atoms with Gasteiger partial charge in [0.1, 0.15) is 17.3 Å². The largest absolute Gasteiger partial charge is 0.437 e. The van der Waals surface area contributed by atoms with Crippen LogP contribution in [0.5, 0.6) is 11.6 Å². The molecule has 6 nitrogen and oxygen atoms in total. The quantitative estimate of drug-likeness (QED) is 0.382. The summed E-state index contributed by atoms with van der Waals surface area (Å²) >= 11 is 5.83. The van der Waals surface area contributed by atoms with E-state index in [0.29, 0.717) is 16.4 Å². The van der Waals surface area contributed by atoms with Gasteiger partial charge < -0.3 is 20.1 Å². The first-order valence-electron chi connectivity index (χ1n) is 10.1. The molecular formula is C23H18ClF4N3O3. The number of ether oxygens (including phenoxy) is 2. The number of carbonyl (C=O) groups excluding carboxylic acids is 1. The highest BCUT2D eigenvalue weighted by atomic mass is 35.5. The lowest BCUT2D eigenvalue weighted by Gasteiger charge is -2.43. The predicted octanol–water partition coefficient (Wildman–Crippen LogP) is 6.80. The second-order valence-electron chi connectivity index (χ2n) is 7.56. The highest BCUT2D eigenvalue weighted by Crippen LogP contribution is 2.53. The van der Waals surface area contributed by atoms with Gasteiger partial charge in [0.15, 0.2) is 5.60 Å². The Hall–Kier alpha value is -3.37. The molecule has 0 bridgehead atoms. The molecule has 4 rings (SSSR count). The summed E-state index contributed by atoms with van der Waals surface area (Å²) in [4.78, 5) is 16.7. The number of amides is 2. The number of rotatable bonds is 5. The van der Waals surface area contributed by atoms with Crippen molar-refractivity contribution in [2.24, 2.45) is 0 Å². The number of nitrogens with zero attached hydrogens (tertiary/aromatic N) is 1. The molecule has 2 amide bonds. The summed E-state index contributed by atoms with van der Waals surface area (Å²) in [5.74, 6) is -1.34. The van der Waals surface area contributed by atoms with Gasteiger partial charge in [-0.15, -0.1) is 0 Å². The van der Waals surface area contributed by atoms with Crippen molar-refractivity contribution in [2.75, 3.05) is 17.2 Å². The third-order valence-electron chi connectivity index (χ3n) is 5.19. The number of aromatic nitrogens is 1. The Morgan fingerprint density at radius 3 is 2.44 bits per heavy atom. The molecule has 2 heterocycles. The monoisotopic (exact) mass is 495 g/mol. The smallest absolute Gasteiger partial charge is 0.421 e. The van der Waals surface area contributed by atoms with Crippen molar-refractivity contribution in [3.8, 4) is 11.6 Å². The first kappa shape index (κ1) is 23.8. The number of benzene rings is 2. The van der Waals surface area contributed by atoms with Crippen LogP contribution in [0, 0.1) is 12.7 Å². The van der Waals surface area contributed by atoms with Crippen LogP contribution >= 0.6 is 11.6 Å². The fourth-order valence-corrected chi connectivity index (χ4v) is 3.56. The molecule has 1 saturated heterocycles. The van der Waals surface area contributed by atoms with Crippen LogP contribution in [0.25, 0.3) is 0 Å². The number of halogens is 5.